The average Bonchev–Trinajstić information content (AvgIpc) is 2.62. The Hall–Kier alpha value is -3.01. The summed E-state index contributed by atoms with van der Waals surface area (Å²) in [7, 11) is 0. The molecule has 2 N–H and O–H groups in total. The number of hydrogen-bond donors (Lipinski definition) is 2. The van der Waals surface area contributed by atoms with E-state index in [0.29, 0.717) is 13.0 Å². The van der Waals surface area contributed by atoms with Gasteiger partial charge in [0, 0.05) is 28.7 Å². The van der Waals surface area contributed by atoms with E-state index in [9.17, 15) is 9.90 Å². The summed E-state index contributed by atoms with van der Waals surface area (Å²) >= 11 is 0. The van der Waals surface area contributed by atoms with Gasteiger partial charge in [-0.15, -0.1) is 0 Å². The van der Waals surface area contributed by atoms with Crippen LogP contribution in [-0.2, 0) is 4.79 Å². The summed E-state index contributed by atoms with van der Waals surface area (Å²) in [5, 5.41) is 14.7. The first-order chi connectivity index (χ1) is 12.2. The van der Waals surface area contributed by atoms with Gasteiger partial charge in [-0.25, -0.2) is 0 Å². The van der Waals surface area contributed by atoms with E-state index in [-0.39, 0.29) is 17.6 Å². The monoisotopic (exact) mass is 333 g/mol. The van der Waals surface area contributed by atoms with Crippen LogP contribution in [0.4, 0.5) is 5.69 Å². The molecule has 0 radical (unpaired) electrons. The minimum atomic E-state index is -0.0711. The van der Waals surface area contributed by atoms with E-state index in [1.165, 1.54) is 0 Å². The summed E-state index contributed by atoms with van der Waals surface area (Å²) in [6, 6.07) is 17.1. The van der Waals surface area contributed by atoms with Crippen molar-refractivity contribution in [3.63, 3.8) is 0 Å². The van der Waals surface area contributed by atoms with Gasteiger partial charge in [-0.3, -0.25) is 4.79 Å². The molecule has 0 saturated carbocycles. The van der Waals surface area contributed by atoms with Crippen LogP contribution in [-0.4, -0.2) is 17.6 Å². The molecule has 0 saturated heterocycles. The lowest BCUT2D eigenvalue weighted by Crippen LogP contribution is -2.24. The third-order valence-electron chi connectivity index (χ3n) is 4.69. The summed E-state index contributed by atoms with van der Waals surface area (Å²) in [5.41, 5.74) is 2.84. The number of phenols is 1. The molecule has 1 amide bonds. The standard InChI is InChI=1S/C21H19NO3/c1-2-25-19-9-4-3-6-14(19)17-12-20(24)22-21-15-7-5-8-18(23)13(15)10-11-16(17)21/h3-11,17,23H,2,12H2,1H3,(H,22,24)/t17-/m0/s1. The molecule has 1 aliphatic heterocycles. The Balaban J connectivity index is 1.93. The molecule has 1 heterocycles. The van der Waals surface area contributed by atoms with Gasteiger partial charge in [0.25, 0.3) is 0 Å². The maximum atomic E-state index is 12.4. The topological polar surface area (TPSA) is 58.6 Å². The van der Waals surface area contributed by atoms with Gasteiger partial charge in [0.1, 0.15) is 11.5 Å². The summed E-state index contributed by atoms with van der Waals surface area (Å²) in [4.78, 5) is 12.4. The third kappa shape index (κ3) is 2.60. The second kappa shape index (κ2) is 6.13. The van der Waals surface area contributed by atoms with Crippen LogP contribution in [0.15, 0.2) is 54.6 Å². The Kier molecular flexibility index (Phi) is 3.80. The van der Waals surface area contributed by atoms with E-state index < -0.39 is 0 Å². The maximum Gasteiger partial charge on any atom is 0.225 e. The highest BCUT2D eigenvalue weighted by atomic mass is 16.5. The van der Waals surface area contributed by atoms with E-state index in [4.69, 9.17) is 4.74 Å². The minimum absolute atomic E-state index is 0.0281. The largest absolute Gasteiger partial charge is 0.507 e. The number of fused-ring (bicyclic) bond motifs is 3. The van der Waals surface area contributed by atoms with Crippen molar-refractivity contribution < 1.29 is 14.6 Å². The van der Waals surface area contributed by atoms with E-state index in [1.807, 2.05) is 49.4 Å². The van der Waals surface area contributed by atoms with E-state index in [2.05, 4.69) is 5.32 Å². The molecule has 3 aromatic carbocycles. The van der Waals surface area contributed by atoms with Crippen molar-refractivity contribution in [3.05, 3.63) is 65.7 Å². The zero-order chi connectivity index (χ0) is 17.4. The maximum absolute atomic E-state index is 12.4. The molecule has 0 aromatic heterocycles. The van der Waals surface area contributed by atoms with Crippen LogP contribution in [0, 0.1) is 0 Å². The molecular weight excluding hydrogens is 314 g/mol. The van der Waals surface area contributed by atoms with Gasteiger partial charge in [0.2, 0.25) is 5.91 Å². The fourth-order valence-electron chi connectivity index (χ4n) is 3.61. The molecule has 4 nitrogen and oxygen atoms in total. The Morgan fingerprint density at radius 2 is 1.88 bits per heavy atom. The fourth-order valence-corrected chi connectivity index (χ4v) is 3.61. The highest BCUT2D eigenvalue weighted by Crippen LogP contribution is 2.44. The Labute approximate surface area is 146 Å². The van der Waals surface area contributed by atoms with Gasteiger partial charge in [-0.2, -0.15) is 0 Å². The van der Waals surface area contributed by atoms with Crippen LogP contribution in [0.2, 0.25) is 0 Å². The molecule has 0 fully saturated rings. The number of hydrogen-bond acceptors (Lipinski definition) is 3. The number of phenolic OH excluding ortho intramolecular Hbond substituents is 1. The van der Waals surface area contributed by atoms with Gasteiger partial charge in [0.05, 0.1) is 12.3 Å². The lowest BCUT2D eigenvalue weighted by molar-refractivity contribution is -0.116. The van der Waals surface area contributed by atoms with Crippen LogP contribution in [0.1, 0.15) is 30.4 Å². The number of rotatable bonds is 3. The van der Waals surface area contributed by atoms with Crippen molar-refractivity contribution in [2.75, 3.05) is 11.9 Å². The van der Waals surface area contributed by atoms with Gasteiger partial charge in [-0.1, -0.05) is 42.5 Å². The second-order valence-corrected chi connectivity index (χ2v) is 6.18. The lowest BCUT2D eigenvalue weighted by atomic mass is 9.83. The number of amides is 1. The Bertz CT molecular complexity index is 965. The summed E-state index contributed by atoms with van der Waals surface area (Å²) < 4.78 is 5.78. The number of para-hydroxylation sites is 1. The Morgan fingerprint density at radius 3 is 2.72 bits per heavy atom. The van der Waals surface area contributed by atoms with Crippen molar-refractivity contribution >= 4 is 22.4 Å². The average molecular weight is 333 g/mol. The SMILES string of the molecule is CCOc1ccccc1[C@@H]1CC(=O)Nc2c1ccc1c(O)cccc21. The summed E-state index contributed by atoms with van der Waals surface area (Å²) in [5.74, 6) is 0.927. The number of aromatic hydroxyl groups is 1. The van der Waals surface area contributed by atoms with E-state index >= 15 is 0 Å². The first kappa shape index (κ1) is 15.5. The highest BCUT2D eigenvalue weighted by Gasteiger charge is 2.29. The number of anilines is 1. The molecule has 25 heavy (non-hydrogen) atoms. The zero-order valence-corrected chi connectivity index (χ0v) is 14.0. The molecule has 1 aliphatic rings. The molecule has 4 heteroatoms. The van der Waals surface area contributed by atoms with Gasteiger partial charge in [-0.05, 0) is 24.6 Å². The molecule has 0 unspecified atom stereocenters. The highest BCUT2D eigenvalue weighted by molar-refractivity contribution is 6.07. The lowest BCUT2D eigenvalue weighted by Gasteiger charge is -2.28. The molecule has 1 atom stereocenters. The van der Waals surface area contributed by atoms with Crippen molar-refractivity contribution in [3.8, 4) is 11.5 Å². The van der Waals surface area contributed by atoms with Gasteiger partial charge in [0.15, 0.2) is 0 Å². The normalized spacial score (nSPS) is 16.4. The number of carbonyl (C=O) groups is 1. The predicted molar refractivity (Wildman–Crippen MR) is 98.3 cm³/mol. The quantitative estimate of drug-likeness (QED) is 0.746. The van der Waals surface area contributed by atoms with Gasteiger partial charge < -0.3 is 15.2 Å². The Morgan fingerprint density at radius 1 is 1.04 bits per heavy atom. The predicted octanol–water partition coefficient (Wildman–Crippen LogP) is 4.42. The third-order valence-corrected chi connectivity index (χ3v) is 4.69. The van der Waals surface area contributed by atoms with Gasteiger partial charge >= 0.3 is 0 Å². The van der Waals surface area contributed by atoms with Crippen molar-refractivity contribution in [2.24, 2.45) is 0 Å². The van der Waals surface area contributed by atoms with Crippen LogP contribution in [0.25, 0.3) is 10.8 Å². The van der Waals surface area contributed by atoms with Crippen LogP contribution < -0.4 is 10.1 Å². The summed E-state index contributed by atoms with van der Waals surface area (Å²) in [6.07, 6.45) is 0.376. The molecule has 126 valence electrons. The van der Waals surface area contributed by atoms with E-state index in [0.717, 1.165) is 33.3 Å². The number of benzene rings is 3. The number of carbonyl (C=O) groups excluding carboxylic acids is 1. The smallest absolute Gasteiger partial charge is 0.225 e. The fraction of sp³-hybridized carbons (Fsp3) is 0.190. The van der Waals surface area contributed by atoms with E-state index in [1.54, 1.807) is 12.1 Å². The second-order valence-electron chi connectivity index (χ2n) is 6.18. The molecule has 4 rings (SSSR count). The van der Waals surface area contributed by atoms with Crippen LogP contribution in [0.3, 0.4) is 0 Å². The first-order valence-corrected chi connectivity index (χ1v) is 8.45. The first-order valence-electron chi connectivity index (χ1n) is 8.45. The van der Waals surface area contributed by atoms with Crippen LogP contribution in [0.5, 0.6) is 11.5 Å². The molecular formula is C21H19NO3. The molecule has 0 aliphatic carbocycles. The molecule has 0 spiro atoms. The molecule has 3 aromatic rings. The number of ether oxygens (including phenoxy) is 1. The van der Waals surface area contributed by atoms with Crippen molar-refractivity contribution in [1.29, 1.82) is 0 Å². The minimum Gasteiger partial charge on any atom is -0.507 e. The summed E-state index contributed by atoms with van der Waals surface area (Å²) in [6.45, 7) is 2.53. The number of nitrogens with one attached hydrogen (secondary N) is 1. The van der Waals surface area contributed by atoms with Crippen LogP contribution >= 0.6 is 0 Å². The van der Waals surface area contributed by atoms with Crippen molar-refractivity contribution in [1.82, 2.24) is 0 Å². The van der Waals surface area contributed by atoms with Crippen molar-refractivity contribution in [2.45, 2.75) is 19.3 Å². The molecule has 0 bridgehead atoms. The zero-order valence-electron chi connectivity index (χ0n) is 14.0.